The van der Waals surface area contributed by atoms with Crippen LogP contribution in [0.1, 0.15) is 32.3 Å². The van der Waals surface area contributed by atoms with E-state index in [9.17, 15) is 4.79 Å². The van der Waals surface area contributed by atoms with E-state index in [4.69, 9.17) is 21.6 Å². The van der Waals surface area contributed by atoms with Crippen LogP contribution in [-0.4, -0.2) is 18.6 Å². The van der Waals surface area contributed by atoms with Crippen LogP contribution in [0.15, 0.2) is 18.2 Å². The van der Waals surface area contributed by atoms with Crippen molar-refractivity contribution >= 4 is 17.5 Å². The Balaban J connectivity index is 2.49. The number of carbonyl (C=O) groups is 1. The average Bonchev–Trinajstić information content (AvgIpc) is 2.37. The van der Waals surface area contributed by atoms with Crippen LogP contribution in [0, 0.1) is 11.3 Å². The molecule has 0 aromatic heterocycles. The summed E-state index contributed by atoms with van der Waals surface area (Å²) in [6.45, 7) is 3.94. The van der Waals surface area contributed by atoms with E-state index >= 15 is 0 Å². The molecular weight excluding hydrogens is 264 g/mol. The number of nitrogens with one attached hydrogen (secondary N) is 1. The molecule has 102 valence electrons. The number of ether oxygens (including phenoxy) is 1. The third-order valence-electron chi connectivity index (χ3n) is 2.55. The topological polar surface area (TPSA) is 62.1 Å². The lowest BCUT2D eigenvalue weighted by molar-refractivity contribution is -0.123. The van der Waals surface area contributed by atoms with Gasteiger partial charge >= 0.3 is 0 Å². The van der Waals surface area contributed by atoms with E-state index in [2.05, 4.69) is 12.2 Å². The van der Waals surface area contributed by atoms with Gasteiger partial charge in [-0.1, -0.05) is 24.9 Å². The molecule has 0 unspecified atom stereocenters. The minimum absolute atomic E-state index is 0.0837. The van der Waals surface area contributed by atoms with Gasteiger partial charge in [0.2, 0.25) is 0 Å². The van der Waals surface area contributed by atoms with Gasteiger partial charge in [0.15, 0.2) is 6.61 Å². The second-order valence-electron chi connectivity index (χ2n) is 4.30. The molecule has 1 atom stereocenters. The van der Waals surface area contributed by atoms with Crippen LogP contribution in [0.5, 0.6) is 5.75 Å². The number of amides is 1. The molecule has 1 rings (SSSR count). The fourth-order valence-corrected chi connectivity index (χ4v) is 1.89. The van der Waals surface area contributed by atoms with Crippen LogP contribution >= 0.6 is 11.6 Å². The van der Waals surface area contributed by atoms with E-state index in [0.717, 1.165) is 12.8 Å². The zero-order valence-corrected chi connectivity index (χ0v) is 11.8. The summed E-state index contributed by atoms with van der Waals surface area (Å²) in [6.07, 6.45) is 1.95. The number of nitrogens with zero attached hydrogens (tertiary/aromatic N) is 1. The van der Waals surface area contributed by atoms with Crippen LogP contribution < -0.4 is 10.1 Å². The van der Waals surface area contributed by atoms with Crippen molar-refractivity contribution in [2.45, 2.75) is 32.7 Å². The molecule has 0 saturated heterocycles. The average molecular weight is 281 g/mol. The summed E-state index contributed by atoms with van der Waals surface area (Å²) in [5.74, 6) is 0.223. The molecule has 0 bridgehead atoms. The van der Waals surface area contributed by atoms with E-state index in [1.165, 1.54) is 6.07 Å². The summed E-state index contributed by atoms with van der Waals surface area (Å²) in [6, 6.07) is 6.81. The predicted octanol–water partition coefficient (Wildman–Crippen LogP) is 2.90. The van der Waals surface area contributed by atoms with Gasteiger partial charge in [-0.05, 0) is 31.5 Å². The Labute approximate surface area is 118 Å². The minimum atomic E-state index is -0.179. The molecular formula is C14H17ClN2O2. The Morgan fingerprint density at radius 2 is 2.32 bits per heavy atom. The number of halogens is 1. The Bertz CT molecular complexity index is 483. The number of benzene rings is 1. The number of carbonyl (C=O) groups excluding carboxylic acids is 1. The van der Waals surface area contributed by atoms with E-state index in [-0.39, 0.29) is 18.6 Å². The highest BCUT2D eigenvalue weighted by atomic mass is 35.5. The molecule has 0 saturated carbocycles. The first-order valence-electron chi connectivity index (χ1n) is 6.18. The van der Waals surface area contributed by atoms with Crippen LogP contribution in [0.4, 0.5) is 0 Å². The zero-order chi connectivity index (χ0) is 14.3. The molecule has 0 heterocycles. The van der Waals surface area contributed by atoms with E-state index in [1.54, 1.807) is 12.1 Å². The fourth-order valence-electron chi connectivity index (χ4n) is 1.65. The van der Waals surface area contributed by atoms with Crippen molar-refractivity contribution in [2.75, 3.05) is 6.61 Å². The Morgan fingerprint density at radius 3 is 2.89 bits per heavy atom. The molecule has 0 aliphatic rings. The van der Waals surface area contributed by atoms with Crippen molar-refractivity contribution in [3.63, 3.8) is 0 Å². The van der Waals surface area contributed by atoms with Gasteiger partial charge in [0.1, 0.15) is 5.75 Å². The first-order valence-corrected chi connectivity index (χ1v) is 6.56. The summed E-state index contributed by atoms with van der Waals surface area (Å²) in [7, 11) is 0. The van der Waals surface area contributed by atoms with Gasteiger partial charge in [-0.15, -0.1) is 0 Å². The van der Waals surface area contributed by atoms with E-state index < -0.39 is 0 Å². The summed E-state index contributed by atoms with van der Waals surface area (Å²) in [5, 5.41) is 11.9. The van der Waals surface area contributed by atoms with Gasteiger partial charge in [-0.25, -0.2) is 0 Å². The number of nitriles is 1. The molecule has 0 aliphatic heterocycles. The van der Waals surface area contributed by atoms with Gasteiger partial charge in [0.05, 0.1) is 16.7 Å². The molecule has 19 heavy (non-hydrogen) atoms. The third kappa shape index (κ3) is 5.19. The molecule has 1 aromatic carbocycles. The van der Waals surface area contributed by atoms with Gasteiger partial charge in [0.25, 0.3) is 5.91 Å². The Hall–Kier alpha value is -1.73. The van der Waals surface area contributed by atoms with E-state index in [0.29, 0.717) is 16.3 Å². The lowest BCUT2D eigenvalue weighted by Crippen LogP contribution is -2.35. The lowest BCUT2D eigenvalue weighted by Gasteiger charge is -2.13. The third-order valence-corrected chi connectivity index (χ3v) is 2.84. The highest BCUT2D eigenvalue weighted by molar-refractivity contribution is 6.32. The van der Waals surface area contributed by atoms with Crippen molar-refractivity contribution in [3.05, 3.63) is 28.8 Å². The smallest absolute Gasteiger partial charge is 0.258 e. The summed E-state index contributed by atoms with van der Waals surface area (Å²) >= 11 is 5.94. The maximum Gasteiger partial charge on any atom is 0.258 e. The van der Waals surface area contributed by atoms with Crippen LogP contribution in [0.25, 0.3) is 0 Å². The molecule has 0 fully saturated rings. The molecule has 0 radical (unpaired) electrons. The van der Waals surface area contributed by atoms with Crippen molar-refractivity contribution in [2.24, 2.45) is 0 Å². The fraction of sp³-hybridized carbons (Fsp3) is 0.429. The Kier molecular flexibility index (Phi) is 6.17. The van der Waals surface area contributed by atoms with Crippen LogP contribution in [0.3, 0.4) is 0 Å². The normalized spacial score (nSPS) is 11.5. The van der Waals surface area contributed by atoms with E-state index in [1.807, 2.05) is 13.0 Å². The van der Waals surface area contributed by atoms with Gasteiger partial charge in [-0.2, -0.15) is 5.26 Å². The molecule has 5 heteroatoms. The second kappa shape index (κ2) is 7.65. The monoisotopic (exact) mass is 280 g/mol. The quantitative estimate of drug-likeness (QED) is 0.871. The summed E-state index contributed by atoms with van der Waals surface area (Å²) in [5.41, 5.74) is 0.457. The standard InChI is InChI=1S/C14H17ClN2O2/c1-3-4-10(2)17-14(18)9-19-13-6-5-11(8-16)7-12(13)15/h5-7,10H,3-4,9H2,1-2H3,(H,17,18)/t10-/m0/s1. The highest BCUT2D eigenvalue weighted by Gasteiger charge is 2.09. The largest absolute Gasteiger partial charge is 0.482 e. The maximum absolute atomic E-state index is 11.6. The van der Waals surface area contributed by atoms with Gasteiger partial charge < -0.3 is 10.1 Å². The molecule has 0 aliphatic carbocycles. The SMILES string of the molecule is CCC[C@H](C)NC(=O)COc1ccc(C#N)cc1Cl. The molecule has 0 spiro atoms. The van der Waals surface area contributed by atoms with Crippen molar-refractivity contribution in [1.29, 1.82) is 5.26 Å². The molecule has 4 nitrogen and oxygen atoms in total. The molecule has 1 amide bonds. The van der Waals surface area contributed by atoms with Gasteiger partial charge in [0, 0.05) is 6.04 Å². The minimum Gasteiger partial charge on any atom is -0.482 e. The lowest BCUT2D eigenvalue weighted by atomic mass is 10.2. The van der Waals surface area contributed by atoms with Crippen molar-refractivity contribution in [3.8, 4) is 11.8 Å². The number of hydrogen-bond acceptors (Lipinski definition) is 3. The molecule has 1 N–H and O–H groups in total. The Morgan fingerprint density at radius 1 is 1.58 bits per heavy atom. The number of hydrogen-bond donors (Lipinski definition) is 1. The summed E-state index contributed by atoms with van der Waals surface area (Å²) < 4.78 is 5.32. The predicted molar refractivity (Wildman–Crippen MR) is 74.2 cm³/mol. The van der Waals surface area contributed by atoms with Gasteiger partial charge in [-0.3, -0.25) is 4.79 Å². The van der Waals surface area contributed by atoms with Crippen LogP contribution in [0.2, 0.25) is 5.02 Å². The maximum atomic E-state index is 11.6. The van der Waals surface area contributed by atoms with Crippen molar-refractivity contribution in [1.82, 2.24) is 5.32 Å². The second-order valence-corrected chi connectivity index (χ2v) is 4.71. The number of rotatable bonds is 6. The first-order chi connectivity index (χ1) is 9.06. The molecule has 1 aromatic rings. The van der Waals surface area contributed by atoms with Crippen LogP contribution in [-0.2, 0) is 4.79 Å². The zero-order valence-electron chi connectivity index (χ0n) is 11.1. The highest BCUT2D eigenvalue weighted by Crippen LogP contribution is 2.24. The van der Waals surface area contributed by atoms with Crippen molar-refractivity contribution < 1.29 is 9.53 Å². The first kappa shape index (κ1) is 15.3. The summed E-state index contributed by atoms with van der Waals surface area (Å²) in [4.78, 5) is 11.6.